The van der Waals surface area contributed by atoms with Crippen molar-refractivity contribution in [1.82, 2.24) is 4.57 Å². The van der Waals surface area contributed by atoms with E-state index in [1.54, 1.807) is 10.6 Å². The van der Waals surface area contributed by atoms with Gasteiger partial charge in [-0.05, 0) is 30.5 Å². The zero-order valence-electron chi connectivity index (χ0n) is 13.8. The van der Waals surface area contributed by atoms with Crippen LogP contribution in [0.3, 0.4) is 0 Å². The smallest absolute Gasteiger partial charge is 0.325 e. The van der Waals surface area contributed by atoms with Gasteiger partial charge in [-0.3, -0.25) is 9.59 Å². The van der Waals surface area contributed by atoms with Gasteiger partial charge in [0.15, 0.2) is 4.80 Å². The largest absolute Gasteiger partial charge is 0.468 e. The quantitative estimate of drug-likeness (QED) is 0.521. The highest BCUT2D eigenvalue weighted by atomic mass is 32.2. The summed E-state index contributed by atoms with van der Waals surface area (Å²) >= 11 is 2.87. The summed E-state index contributed by atoms with van der Waals surface area (Å²) in [5, 5.41) is 0. The number of carbonyl (C=O) groups excluding carboxylic acids is 2. The Morgan fingerprint density at radius 1 is 1.16 bits per heavy atom. The summed E-state index contributed by atoms with van der Waals surface area (Å²) in [6.07, 6.45) is 1.92. The molecule has 0 bridgehead atoms. The monoisotopic (exact) mass is 372 g/mol. The van der Waals surface area contributed by atoms with Crippen LogP contribution in [0.15, 0.2) is 58.4 Å². The summed E-state index contributed by atoms with van der Waals surface area (Å²) in [6, 6.07) is 15.0. The molecular weight excluding hydrogens is 356 g/mol. The van der Waals surface area contributed by atoms with E-state index < -0.39 is 0 Å². The van der Waals surface area contributed by atoms with Crippen LogP contribution in [-0.4, -0.2) is 29.8 Å². The number of hydrogen-bond donors (Lipinski definition) is 0. The summed E-state index contributed by atoms with van der Waals surface area (Å²) in [5.41, 5.74) is 1.40. The summed E-state index contributed by atoms with van der Waals surface area (Å²) in [5.74, 6) is -0.711. The molecular formula is C18H16N2O3S2. The number of ether oxygens (including phenoxy) is 1. The van der Waals surface area contributed by atoms with Crippen molar-refractivity contribution in [3.63, 3.8) is 0 Å². The van der Waals surface area contributed by atoms with Crippen LogP contribution in [0.25, 0.3) is 10.2 Å². The third-order valence-electron chi connectivity index (χ3n) is 3.64. The highest BCUT2D eigenvalue weighted by Gasteiger charge is 2.13. The van der Waals surface area contributed by atoms with E-state index in [1.807, 2.05) is 48.7 Å². The Kier molecular flexibility index (Phi) is 5.35. The third-order valence-corrected chi connectivity index (χ3v) is 5.49. The molecule has 1 aromatic heterocycles. The van der Waals surface area contributed by atoms with Gasteiger partial charge >= 0.3 is 5.97 Å². The minimum absolute atomic E-state index is 0.0107. The van der Waals surface area contributed by atoms with E-state index in [2.05, 4.69) is 4.99 Å². The highest BCUT2D eigenvalue weighted by molar-refractivity contribution is 7.98. The maximum absolute atomic E-state index is 12.7. The molecule has 0 aliphatic heterocycles. The first-order valence-electron chi connectivity index (χ1n) is 7.51. The zero-order valence-corrected chi connectivity index (χ0v) is 15.4. The second-order valence-corrected chi connectivity index (χ2v) is 6.99. The van der Waals surface area contributed by atoms with Crippen molar-refractivity contribution < 1.29 is 14.3 Å². The molecule has 3 rings (SSSR count). The van der Waals surface area contributed by atoms with Crippen LogP contribution >= 0.6 is 23.1 Å². The van der Waals surface area contributed by atoms with Crippen molar-refractivity contribution in [2.45, 2.75) is 11.4 Å². The number of esters is 1. The fraction of sp³-hybridized carbons (Fsp3) is 0.167. The molecule has 128 valence electrons. The number of hydrogen-bond acceptors (Lipinski definition) is 5. The number of nitrogens with zero attached hydrogens (tertiary/aromatic N) is 2. The van der Waals surface area contributed by atoms with E-state index in [1.165, 1.54) is 30.2 Å². The van der Waals surface area contributed by atoms with Crippen LogP contribution in [0.5, 0.6) is 0 Å². The average Bonchev–Trinajstić information content (AvgIpc) is 2.98. The van der Waals surface area contributed by atoms with Gasteiger partial charge in [0, 0.05) is 4.90 Å². The molecule has 5 nitrogen and oxygen atoms in total. The SMILES string of the molecule is COC(=O)Cn1c(=NC(=O)c2ccccc2SC)sc2ccccc21. The summed E-state index contributed by atoms with van der Waals surface area (Å²) < 4.78 is 7.44. The van der Waals surface area contributed by atoms with Gasteiger partial charge in [0.25, 0.3) is 5.91 Å². The summed E-state index contributed by atoms with van der Waals surface area (Å²) in [4.78, 5) is 30.1. The molecule has 0 aliphatic rings. The van der Waals surface area contributed by atoms with Crippen LogP contribution in [0.2, 0.25) is 0 Å². The van der Waals surface area contributed by atoms with Crippen LogP contribution in [0.4, 0.5) is 0 Å². The van der Waals surface area contributed by atoms with Gasteiger partial charge in [-0.2, -0.15) is 4.99 Å². The maximum atomic E-state index is 12.7. The molecule has 0 atom stereocenters. The van der Waals surface area contributed by atoms with Crippen LogP contribution in [-0.2, 0) is 16.1 Å². The number of methoxy groups -OCH3 is 1. The maximum Gasteiger partial charge on any atom is 0.325 e. The van der Waals surface area contributed by atoms with Gasteiger partial charge in [-0.15, -0.1) is 11.8 Å². The van der Waals surface area contributed by atoms with Gasteiger partial charge in [0.2, 0.25) is 0 Å². The Morgan fingerprint density at radius 3 is 2.64 bits per heavy atom. The number of para-hydroxylation sites is 1. The molecule has 0 N–H and O–H groups in total. The van der Waals surface area contributed by atoms with Crippen LogP contribution < -0.4 is 4.80 Å². The Morgan fingerprint density at radius 2 is 1.88 bits per heavy atom. The lowest BCUT2D eigenvalue weighted by Crippen LogP contribution is -2.22. The molecule has 0 fully saturated rings. The van der Waals surface area contributed by atoms with Gasteiger partial charge in [0.1, 0.15) is 6.54 Å². The minimum Gasteiger partial charge on any atom is -0.468 e. The van der Waals surface area contributed by atoms with Gasteiger partial charge in [0.05, 0.1) is 22.9 Å². The fourth-order valence-corrected chi connectivity index (χ4v) is 4.04. The second-order valence-electron chi connectivity index (χ2n) is 5.13. The third kappa shape index (κ3) is 3.67. The summed E-state index contributed by atoms with van der Waals surface area (Å²) in [7, 11) is 1.34. The van der Waals surface area contributed by atoms with Crippen molar-refractivity contribution in [3.8, 4) is 0 Å². The lowest BCUT2D eigenvalue weighted by molar-refractivity contribution is -0.141. The topological polar surface area (TPSA) is 60.7 Å². The van der Waals surface area contributed by atoms with Crippen LogP contribution in [0.1, 0.15) is 10.4 Å². The van der Waals surface area contributed by atoms with Crippen molar-refractivity contribution in [2.75, 3.05) is 13.4 Å². The minimum atomic E-state index is -0.387. The van der Waals surface area contributed by atoms with E-state index in [0.29, 0.717) is 10.4 Å². The second kappa shape index (κ2) is 7.67. The molecule has 0 unspecified atom stereocenters. The van der Waals surface area contributed by atoms with Crippen LogP contribution in [0, 0.1) is 0 Å². The Hall–Kier alpha value is -2.38. The van der Waals surface area contributed by atoms with Crippen molar-refractivity contribution in [3.05, 3.63) is 58.9 Å². The van der Waals surface area contributed by atoms with Gasteiger partial charge in [-0.25, -0.2) is 0 Å². The van der Waals surface area contributed by atoms with E-state index in [4.69, 9.17) is 4.74 Å². The molecule has 1 amide bonds. The summed E-state index contributed by atoms with van der Waals surface area (Å²) in [6.45, 7) is 0.0107. The zero-order chi connectivity index (χ0) is 17.8. The number of benzene rings is 2. The number of carbonyl (C=O) groups is 2. The Balaban J connectivity index is 2.13. The lowest BCUT2D eigenvalue weighted by atomic mass is 10.2. The predicted molar refractivity (Wildman–Crippen MR) is 99.9 cm³/mol. The normalized spacial score (nSPS) is 11.7. The predicted octanol–water partition coefficient (Wildman–Crippen LogP) is 3.34. The molecule has 3 aromatic rings. The van der Waals surface area contributed by atoms with Crippen molar-refractivity contribution in [2.24, 2.45) is 4.99 Å². The van der Waals surface area contributed by atoms with Crippen molar-refractivity contribution in [1.29, 1.82) is 0 Å². The molecule has 0 saturated heterocycles. The van der Waals surface area contributed by atoms with Crippen molar-refractivity contribution >= 4 is 45.2 Å². The number of rotatable bonds is 4. The molecule has 0 aliphatic carbocycles. The first kappa shape index (κ1) is 17.4. The number of thiazole rings is 1. The lowest BCUT2D eigenvalue weighted by Gasteiger charge is -2.04. The number of fused-ring (bicyclic) bond motifs is 1. The molecule has 0 radical (unpaired) electrons. The molecule has 0 saturated carbocycles. The first-order chi connectivity index (χ1) is 12.1. The van der Waals surface area contributed by atoms with E-state index in [-0.39, 0.29) is 18.4 Å². The fourth-order valence-electron chi connectivity index (χ4n) is 2.42. The molecule has 0 spiro atoms. The van der Waals surface area contributed by atoms with Gasteiger partial charge < -0.3 is 9.30 Å². The van der Waals surface area contributed by atoms with Gasteiger partial charge in [-0.1, -0.05) is 35.6 Å². The molecule has 7 heteroatoms. The van der Waals surface area contributed by atoms with E-state index in [9.17, 15) is 9.59 Å². The standard InChI is InChI=1S/C18H16N2O3S2/c1-23-16(21)11-20-13-8-4-6-10-15(13)25-18(20)19-17(22)12-7-3-5-9-14(12)24-2/h3-10H,11H2,1-2H3. The first-order valence-corrected chi connectivity index (χ1v) is 9.55. The Labute approximate surface area is 153 Å². The van der Waals surface area contributed by atoms with E-state index in [0.717, 1.165) is 15.1 Å². The number of thioether (sulfide) groups is 1. The highest BCUT2D eigenvalue weighted by Crippen LogP contribution is 2.21. The Bertz CT molecular complexity index is 1000. The molecule has 25 heavy (non-hydrogen) atoms. The average molecular weight is 372 g/mol. The number of amides is 1. The molecule has 2 aromatic carbocycles. The van der Waals surface area contributed by atoms with E-state index >= 15 is 0 Å². The number of aromatic nitrogens is 1. The molecule has 1 heterocycles.